The normalized spacial score (nSPS) is 19.4. The number of aromatic nitrogens is 2. The van der Waals surface area contributed by atoms with E-state index in [1.165, 1.54) is 12.5 Å². The molecular formula is C22H26BrClN4O2. The molecule has 1 N–H and O–H groups in total. The first-order valence-corrected chi connectivity index (χ1v) is 11.6. The van der Waals surface area contributed by atoms with Gasteiger partial charge in [-0.1, -0.05) is 33.6 Å². The number of hydrogen-bond donors (Lipinski definition) is 1. The lowest BCUT2D eigenvalue weighted by Crippen LogP contribution is -2.39. The summed E-state index contributed by atoms with van der Waals surface area (Å²) in [5.74, 6) is 0.826. The molecule has 160 valence electrons. The number of aryl methyl sites for hydroxylation is 1. The third kappa shape index (κ3) is 4.57. The van der Waals surface area contributed by atoms with Gasteiger partial charge in [-0.3, -0.25) is 14.3 Å². The zero-order valence-electron chi connectivity index (χ0n) is 17.0. The van der Waals surface area contributed by atoms with Crippen molar-refractivity contribution in [1.29, 1.82) is 0 Å². The van der Waals surface area contributed by atoms with Crippen molar-refractivity contribution in [2.24, 2.45) is 5.92 Å². The van der Waals surface area contributed by atoms with E-state index in [2.05, 4.69) is 32.4 Å². The third-order valence-electron chi connectivity index (χ3n) is 6.23. The molecule has 2 aliphatic heterocycles. The highest BCUT2D eigenvalue weighted by molar-refractivity contribution is 9.10. The molecule has 6 nitrogen and oxygen atoms in total. The van der Waals surface area contributed by atoms with Crippen LogP contribution in [0.5, 0.6) is 0 Å². The van der Waals surface area contributed by atoms with Crippen LogP contribution < -0.4 is 5.32 Å². The van der Waals surface area contributed by atoms with Crippen LogP contribution >= 0.6 is 27.5 Å². The lowest BCUT2D eigenvalue weighted by atomic mass is 9.89. The number of amides is 2. The second-order valence-electron chi connectivity index (χ2n) is 8.26. The van der Waals surface area contributed by atoms with E-state index in [1.807, 2.05) is 21.7 Å². The third-order valence-corrected chi connectivity index (χ3v) is 7.16. The Bertz CT molecular complexity index is 953. The van der Waals surface area contributed by atoms with Crippen LogP contribution in [0.1, 0.15) is 53.7 Å². The van der Waals surface area contributed by atoms with Crippen LogP contribution in [0.4, 0.5) is 0 Å². The Morgan fingerprint density at radius 1 is 1.23 bits per heavy atom. The minimum absolute atomic E-state index is 0.0134. The summed E-state index contributed by atoms with van der Waals surface area (Å²) in [6, 6.07) is 5.94. The number of halogens is 2. The Morgan fingerprint density at radius 3 is 2.70 bits per heavy atom. The van der Waals surface area contributed by atoms with Crippen molar-refractivity contribution in [1.82, 2.24) is 20.0 Å². The molecule has 1 atom stereocenters. The first-order valence-electron chi connectivity index (χ1n) is 10.5. The second kappa shape index (κ2) is 9.10. The van der Waals surface area contributed by atoms with Crippen LogP contribution in [0.2, 0.25) is 5.02 Å². The molecule has 4 rings (SSSR count). The molecule has 0 spiro atoms. The van der Waals surface area contributed by atoms with Crippen LogP contribution in [0.15, 0.2) is 28.9 Å². The summed E-state index contributed by atoms with van der Waals surface area (Å²) < 4.78 is 2.99. The Labute approximate surface area is 190 Å². The zero-order valence-corrected chi connectivity index (χ0v) is 19.4. The number of carbonyl (C=O) groups is 2. The number of nitrogens with zero attached hydrogens (tertiary/aromatic N) is 3. The van der Waals surface area contributed by atoms with Gasteiger partial charge in [-0.25, -0.2) is 0 Å². The van der Waals surface area contributed by atoms with Gasteiger partial charge >= 0.3 is 0 Å². The summed E-state index contributed by atoms with van der Waals surface area (Å²) in [6.45, 7) is 4.44. The summed E-state index contributed by atoms with van der Waals surface area (Å²) in [6.07, 6.45) is 5.32. The van der Waals surface area contributed by atoms with E-state index in [4.69, 9.17) is 11.6 Å². The first-order chi connectivity index (χ1) is 14.4. The molecular weight excluding hydrogens is 468 g/mol. The summed E-state index contributed by atoms with van der Waals surface area (Å²) >= 11 is 9.69. The van der Waals surface area contributed by atoms with Gasteiger partial charge in [0.2, 0.25) is 5.91 Å². The maximum absolute atomic E-state index is 13.2. The molecule has 0 aliphatic carbocycles. The fourth-order valence-corrected chi connectivity index (χ4v) is 5.54. The Hall–Kier alpha value is -1.86. The van der Waals surface area contributed by atoms with Gasteiger partial charge in [0, 0.05) is 42.6 Å². The number of nitrogens with one attached hydrogen (secondary N) is 1. The van der Waals surface area contributed by atoms with Crippen molar-refractivity contribution in [3.05, 3.63) is 50.7 Å². The lowest BCUT2D eigenvalue weighted by Gasteiger charge is -2.33. The molecule has 1 aromatic carbocycles. The minimum atomic E-state index is -0.0134. The monoisotopic (exact) mass is 492 g/mol. The average molecular weight is 494 g/mol. The summed E-state index contributed by atoms with van der Waals surface area (Å²) in [5, 5.41) is 8.07. The standard InChI is InChI=1S/C22H26BrClN4O2/c1-14(29)25-12-15-4-9-28-21(10-15)19(13-26-28)22(30)27-7-5-16(6-8-27)18-3-2-17(24)11-20(18)23/h2-3,11,13,15-16H,4-10,12H2,1H3,(H,25,29). The highest BCUT2D eigenvalue weighted by Gasteiger charge is 2.30. The maximum atomic E-state index is 13.2. The summed E-state index contributed by atoms with van der Waals surface area (Å²) in [5.41, 5.74) is 2.98. The van der Waals surface area contributed by atoms with Crippen molar-refractivity contribution >= 4 is 39.3 Å². The highest BCUT2D eigenvalue weighted by atomic mass is 79.9. The van der Waals surface area contributed by atoms with E-state index in [0.29, 0.717) is 23.9 Å². The van der Waals surface area contributed by atoms with Gasteiger partial charge in [-0.15, -0.1) is 0 Å². The van der Waals surface area contributed by atoms with Gasteiger partial charge in [0.15, 0.2) is 0 Å². The molecule has 0 radical (unpaired) electrons. The maximum Gasteiger partial charge on any atom is 0.257 e. The highest BCUT2D eigenvalue weighted by Crippen LogP contribution is 2.35. The molecule has 0 bridgehead atoms. The van der Waals surface area contributed by atoms with Gasteiger partial charge in [-0.05, 0) is 55.2 Å². The van der Waals surface area contributed by atoms with Crippen LogP contribution in [-0.4, -0.2) is 46.1 Å². The van der Waals surface area contributed by atoms with E-state index in [0.717, 1.165) is 60.5 Å². The van der Waals surface area contributed by atoms with Crippen LogP contribution in [0, 0.1) is 5.92 Å². The molecule has 1 fully saturated rings. The largest absolute Gasteiger partial charge is 0.356 e. The van der Waals surface area contributed by atoms with E-state index in [9.17, 15) is 9.59 Å². The molecule has 1 saturated heterocycles. The van der Waals surface area contributed by atoms with Crippen molar-refractivity contribution in [2.75, 3.05) is 19.6 Å². The Kier molecular flexibility index (Phi) is 6.48. The van der Waals surface area contributed by atoms with E-state index in [-0.39, 0.29) is 11.8 Å². The van der Waals surface area contributed by atoms with Crippen LogP contribution in [0.25, 0.3) is 0 Å². The zero-order chi connectivity index (χ0) is 21.3. The number of piperidine rings is 1. The number of likely N-dealkylation sites (tertiary alicyclic amines) is 1. The lowest BCUT2D eigenvalue weighted by molar-refractivity contribution is -0.119. The van der Waals surface area contributed by atoms with Crippen molar-refractivity contribution in [3.8, 4) is 0 Å². The van der Waals surface area contributed by atoms with E-state index in [1.54, 1.807) is 6.20 Å². The fraction of sp³-hybridized carbons (Fsp3) is 0.500. The van der Waals surface area contributed by atoms with Gasteiger partial charge in [-0.2, -0.15) is 5.10 Å². The SMILES string of the molecule is CC(=O)NCC1CCn2ncc(C(=O)N3CCC(c4ccc(Cl)cc4Br)CC3)c2C1. The topological polar surface area (TPSA) is 67.2 Å². The number of fused-ring (bicyclic) bond motifs is 1. The first kappa shape index (κ1) is 21.4. The minimum Gasteiger partial charge on any atom is -0.356 e. The Morgan fingerprint density at radius 2 is 2.00 bits per heavy atom. The molecule has 30 heavy (non-hydrogen) atoms. The molecule has 2 aliphatic rings. The molecule has 1 unspecified atom stereocenters. The van der Waals surface area contributed by atoms with Crippen molar-refractivity contribution in [2.45, 2.75) is 45.1 Å². The summed E-state index contributed by atoms with van der Waals surface area (Å²) in [4.78, 5) is 26.4. The number of benzene rings is 1. The van der Waals surface area contributed by atoms with Crippen LogP contribution in [-0.2, 0) is 17.8 Å². The molecule has 2 amide bonds. The molecule has 8 heteroatoms. The van der Waals surface area contributed by atoms with Crippen LogP contribution in [0.3, 0.4) is 0 Å². The fourth-order valence-electron chi connectivity index (χ4n) is 4.54. The molecule has 0 saturated carbocycles. The van der Waals surface area contributed by atoms with Gasteiger partial charge in [0.1, 0.15) is 0 Å². The number of carbonyl (C=O) groups excluding carboxylic acids is 2. The predicted molar refractivity (Wildman–Crippen MR) is 120 cm³/mol. The molecule has 2 aromatic rings. The number of hydrogen-bond acceptors (Lipinski definition) is 3. The average Bonchev–Trinajstić information content (AvgIpc) is 3.15. The number of rotatable bonds is 4. The van der Waals surface area contributed by atoms with E-state index >= 15 is 0 Å². The van der Waals surface area contributed by atoms with Gasteiger partial charge in [0.05, 0.1) is 17.5 Å². The van der Waals surface area contributed by atoms with Crippen molar-refractivity contribution < 1.29 is 9.59 Å². The smallest absolute Gasteiger partial charge is 0.257 e. The second-order valence-corrected chi connectivity index (χ2v) is 9.55. The predicted octanol–water partition coefficient (Wildman–Crippen LogP) is 4.02. The van der Waals surface area contributed by atoms with E-state index < -0.39 is 0 Å². The van der Waals surface area contributed by atoms with Crippen molar-refractivity contribution in [3.63, 3.8) is 0 Å². The molecule has 1 aromatic heterocycles. The van der Waals surface area contributed by atoms with Gasteiger partial charge < -0.3 is 10.2 Å². The molecule has 3 heterocycles. The Balaban J connectivity index is 1.41. The quantitative estimate of drug-likeness (QED) is 0.700. The summed E-state index contributed by atoms with van der Waals surface area (Å²) in [7, 11) is 0. The van der Waals surface area contributed by atoms with Gasteiger partial charge in [0.25, 0.3) is 5.91 Å².